The summed E-state index contributed by atoms with van der Waals surface area (Å²) < 4.78 is 72.7. The van der Waals surface area contributed by atoms with Crippen molar-refractivity contribution >= 4 is 10.0 Å². The standard InChI is InChI=1S/C19H23F3N4O3S/c20-14-5-16(22)15(21)4-13(14)19-17(23)3-11(9-29-19)25-6-10-7-26(24-18(10)8-25)30(27,28)12-1-2-12/h5,7,11-13,17,19H,1-4,6,8-9,23H2/t11?,13?,17?,19-/m1/s1. The highest BCUT2D eigenvalue weighted by molar-refractivity contribution is 7.90. The fourth-order valence-electron chi connectivity index (χ4n) is 4.56. The second-order valence-electron chi connectivity index (χ2n) is 8.57. The molecule has 4 aliphatic rings. The SMILES string of the molecule is NC1CC(N2Cc3cn(S(=O)(=O)C4CC4)nc3C2)CO[C@@H]1C1CC(F)=C(F)C=C1F. The lowest BCUT2D eigenvalue weighted by Gasteiger charge is -2.41. The lowest BCUT2D eigenvalue weighted by atomic mass is 9.84. The van der Waals surface area contributed by atoms with Gasteiger partial charge < -0.3 is 10.5 Å². The lowest BCUT2D eigenvalue weighted by Crippen LogP contribution is -2.53. The van der Waals surface area contributed by atoms with Crippen LogP contribution in [0.3, 0.4) is 0 Å². The zero-order valence-electron chi connectivity index (χ0n) is 16.2. The Labute approximate surface area is 172 Å². The first-order valence-corrected chi connectivity index (χ1v) is 11.6. The predicted molar refractivity (Wildman–Crippen MR) is 101 cm³/mol. The Bertz CT molecular complexity index is 1010. The molecule has 0 spiro atoms. The molecule has 11 heteroatoms. The van der Waals surface area contributed by atoms with Crippen molar-refractivity contribution in [2.45, 2.75) is 62.2 Å². The van der Waals surface area contributed by atoms with Crippen LogP contribution < -0.4 is 5.73 Å². The van der Waals surface area contributed by atoms with E-state index in [1.165, 1.54) is 0 Å². The Morgan fingerprint density at radius 1 is 1.20 bits per heavy atom. The van der Waals surface area contributed by atoms with Gasteiger partial charge in [0.15, 0.2) is 5.83 Å². The number of nitrogens with two attached hydrogens (primary N) is 1. The molecule has 3 heterocycles. The van der Waals surface area contributed by atoms with Crippen molar-refractivity contribution in [2.75, 3.05) is 6.61 Å². The van der Waals surface area contributed by atoms with Gasteiger partial charge in [-0.3, -0.25) is 4.90 Å². The third-order valence-electron chi connectivity index (χ3n) is 6.43. The van der Waals surface area contributed by atoms with Gasteiger partial charge in [-0.25, -0.2) is 21.6 Å². The Morgan fingerprint density at radius 3 is 2.63 bits per heavy atom. The summed E-state index contributed by atoms with van der Waals surface area (Å²) in [5.74, 6) is -3.84. The van der Waals surface area contributed by atoms with E-state index in [0.29, 0.717) is 38.4 Å². The number of fused-ring (bicyclic) bond motifs is 1. The first kappa shape index (κ1) is 20.2. The Kier molecular flexibility index (Phi) is 4.84. The van der Waals surface area contributed by atoms with Crippen LogP contribution >= 0.6 is 0 Å². The molecule has 5 rings (SSSR count). The summed E-state index contributed by atoms with van der Waals surface area (Å²) in [4.78, 5) is 2.11. The summed E-state index contributed by atoms with van der Waals surface area (Å²) in [6, 6.07) is -0.586. The van der Waals surface area contributed by atoms with E-state index in [4.69, 9.17) is 10.5 Å². The van der Waals surface area contributed by atoms with Crippen LogP contribution in [0.1, 0.15) is 36.9 Å². The van der Waals surface area contributed by atoms with E-state index in [1.54, 1.807) is 6.20 Å². The Balaban J connectivity index is 1.22. The van der Waals surface area contributed by atoms with Crippen molar-refractivity contribution in [3.63, 3.8) is 0 Å². The number of ether oxygens (including phenoxy) is 1. The maximum Gasteiger partial charge on any atom is 0.256 e. The van der Waals surface area contributed by atoms with E-state index >= 15 is 0 Å². The Morgan fingerprint density at radius 2 is 1.97 bits per heavy atom. The third kappa shape index (κ3) is 3.41. The summed E-state index contributed by atoms with van der Waals surface area (Å²) in [6.07, 6.45) is 2.90. The molecule has 30 heavy (non-hydrogen) atoms. The van der Waals surface area contributed by atoms with Crippen molar-refractivity contribution < 1.29 is 26.3 Å². The molecule has 0 amide bonds. The molecule has 2 aliphatic carbocycles. The number of rotatable bonds is 4. The first-order chi connectivity index (χ1) is 14.2. The summed E-state index contributed by atoms with van der Waals surface area (Å²) in [6.45, 7) is 1.29. The molecule has 1 aromatic heterocycles. The number of nitrogens with zero attached hydrogens (tertiary/aromatic N) is 3. The van der Waals surface area contributed by atoms with Gasteiger partial charge >= 0.3 is 0 Å². The van der Waals surface area contributed by atoms with Gasteiger partial charge in [0, 0.05) is 55.3 Å². The molecule has 2 fully saturated rings. The predicted octanol–water partition coefficient (Wildman–Crippen LogP) is 2.05. The van der Waals surface area contributed by atoms with Gasteiger partial charge in [0.2, 0.25) is 0 Å². The maximum atomic E-state index is 14.2. The van der Waals surface area contributed by atoms with Crippen LogP contribution in [-0.4, -0.2) is 52.5 Å². The fraction of sp³-hybridized carbons (Fsp3) is 0.632. The van der Waals surface area contributed by atoms with E-state index in [-0.39, 0.29) is 17.9 Å². The molecule has 0 aromatic carbocycles. The van der Waals surface area contributed by atoms with E-state index in [1.807, 2.05) is 0 Å². The first-order valence-electron chi connectivity index (χ1n) is 10.1. The third-order valence-corrected chi connectivity index (χ3v) is 8.45. The molecule has 3 unspecified atom stereocenters. The summed E-state index contributed by atoms with van der Waals surface area (Å²) in [5, 5.41) is 3.96. The van der Waals surface area contributed by atoms with Crippen molar-refractivity contribution in [2.24, 2.45) is 11.7 Å². The maximum absolute atomic E-state index is 14.2. The smallest absolute Gasteiger partial charge is 0.256 e. The van der Waals surface area contributed by atoms with E-state index < -0.39 is 52.0 Å². The van der Waals surface area contributed by atoms with Gasteiger partial charge in [-0.1, -0.05) is 0 Å². The zero-order chi connectivity index (χ0) is 21.2. The van der Waals surface area contributed by atoms with E-state index in [2.05, 4.69) is 10.00 Å². The van der Waals surface area contributed by atoms with Crippen LogP contribution in [0.5, 0.6) is 0 Å². The number of aromatic nitrogens is 2. The molecule has 1 aromatic rings. The lowest BCUT2D eigenvalue weighted by molar-refractivity contribution is -0.0731. The average molecular weight is 444 g/mol. The monoisotopic (exact) mass is 444 g/mol. The van der Waals surface area contributed by atoms with E-state index in [0.717, 1.165) is 15.3 Å². The molecule has 2 aliphatic heterocycles. The highest BCUT2D eigenvalue weighted by Gasteiger charge is 2.43. The van der Waals surface area contributed by atoms with Gasteiger partial charge in [-0.15, -0.1) is 0 Å². The quantitative estimate of drug-likeness (QED) is 0.765. The fourth-order valence-corrected chi connectivity index (χ4v) is 6.08. The van der Waals surface area contributed by atoms with Crippen LogP contribution in [-0.2, 0) is 27.8 Å². The minimum atomic E-state index is -3.39. The number of hydrogen-bond acceptors (Lipinski definition) is 6. The molecule has 1 saturated carbocycles. The summed E-state index contributed by atoms with van der Waals surface area (Å²) >= 11 is 0. The highest BCUT2D eigenvalue weighted by Crippen LogP contribution is 2.38. The van der Waals surface area contributed by atoms with Crippen molar-refractivity contribution in [1.29, 1.82) is 0 Å². The van der Waals surface area contributed by atoms with Crippen LogP contribution in [0, 0.1) is 5.92 Å². The normalized spacial score (nSPS) is 33.0. The molecule has 7 nitrogen and oxygen atoms in total. The van der Waals surface area contributed by atoms with Gasteiger partial charge in [-0.2, -0.15) is 9.19 Å². The second kappa shape index (κ2) is 7.18. The topological polar surface area (TPSA) is 90.5 Å². The number of halogens is 3. The van der Waals surface area contributed by atoms with Crippen molar-refractivity contribution in [3.8, 4) is 0 Å². The number of hydrogen-bond donors (Lipinski definition) is 1. The molecule has 0 radical (unpaired) electrons. The molecule has 0 bridgehead atoms. The molecule has 164 valence electrons. The minimum absolute atomic E-state index is 0.0494. The van der Waals surface area contributed by atoms with Crippen LogP contribution in [0.15, 0.2) is 29.8 Å². The molecule has 2 N–H and O–H groups in total. The largest absolute Gasteiger partial charge is 0.374 e. The summed E-state index contributed by atoms with van der Waals surface area (Å²) in [7, 11) is -3.39. The molecule has 4 atom stereocenters. The second-order valence-corrected chi connectivity index (χ2v) is 10.6. The van der Waals surface area contributed by atoms with Gasteiger partial charge in [0.1, 0.15) is 11.7 Å². The van der Waals surface area contributed by atoms with Crippen LogP contribution in [0.2, 0.25) is 0 Å². The zero-order valence-corrected chi connectivity index (χ0v) is 17.0. The van der Waals surface area contributed by atoms with Gasteiger partial charge in [0.05, 0.1) is 23.7 Å². The van der Waals surface area contributed by atoms with Crippen LogP contribution in [0.4, 0.5) is 13.2 Å². The van der Waals surface area contributed by atoms with Crippen molar-refractivity contribution in [1.82, 2.24) is 14.1 Å². The summed E-state index contributed by atoms with van der Waals surface area (Å²) in [5.41, 5.74) is 7.82. The van der Waals surface area contributed by atoms with Crippen LogP contribution in [0.25, 0.3) is 0 Å². The molecular weight excluding hydrogens is 421 g/mol. The van der Waals surface area contributed by atoms with Gasteiger partial charge in [0.25, 0.3) is 10.0 Å². The molecular formula is C19H23F3N4O3S. The molecule has 1 saturated heterocycles. The minimum Gasteiger partial charge on any atom is -0.374 e. The van der Waals surface area contributed by atoms with Gasteiger partial charge in [-0.05, 0) is 19.3 Å². The average Bonchev–Trinajstić information content (AvgIpc) is 3.36. The van der Waals surface area contributed by atoms with E-state index in [9.17, 15) is 21.6 Å². The highest BCUT2D eigenvalue weighted by atomic mass is 32.2. The number of allylic oxidation sites excluding steroid dienone is 3. The van der Waals surface area contributed by atoms with Crippen molar-refractivity contribution in [3.05, 3.63) is 41.0 Å². The Hall–Kier alpha value is -1.69.